The zero-order valence-corrected chi connectivity index (χ0v) is 10.7. The topological polar surface area (TPSA) is 38.8 Å². The SMILES string of the molecule is COc1ccc(OCC(=O)N2CCCCC2)cc1. The fraction of sp³-hybridized carbons (Fsp3) is 0.500. The van der Waals surface area contributed by atoms with Crippen LogP contribution in [0.2, 0.25) is 0 Å². The van der Waals surface area contributed by atoms with Gasteiger partial charge in [0.1, 0.15) is 11.5 Å². The highest BCUT2D eigenvalue weighted by molar-refractivity contribution is 5.77. The van der Waals surface area contributed by atoms with Crippen molar-refractivity contribution in [2.75, 3.05) is 26.8 Å². The lowest BCUT2D eigenvalue weighted by molar-refractivity contribution is -0.134. The van der Waals surface area contributed by atoms with Crippen LogP contribution < -0.4 is 9.47 Å². The van der Waals surface area contributed by atoms with Gasteiger partial charge in [0.05, 0.1) is 7.11 Å². The highest BCUT2D eigenvalue weighted by Gasteiger charge is 2.16. The summed E-state index contributed by atoms with van der Waals surface area (Å²) in [6.45, 7) is 1.85. The van der Waals surface area contributed by atoms with Gasteiger partial charge in [0, 0.05) is 13.1 Å². The Morgan fingerprint density at radius 3 is 2.33 bits per heavy atom. The van der Waals surface area contributed by atoms with Crippen molar-refractivity contribution in [3.05, 3.63) is 24.3 Å². The molecular formula is C14H19NO3. The predicted molar refractivity (Wildman–Crippen MR) is 68.9 cm³/mol. The standard InChI is InChI=1S/C14H19NO3/c1-17-12-5-7-13(8-6-12)18-11-14(16)15-9-3-2-4-10-15/h5-8H,2-4,9-11H2,1H3. The van der Waals surface area contributed by atoms with Crippen LogP contribution in [0.1, 0.15) is 19.3 Å². The minimum atomic E-state index is 0.0746. The van der Waals surface area contributed by atoms with Crippen molar-refractivity contribution in [2.24, 2.45) is 0 Å². The summed E-state index contributed by atoms with van der Waals surface area (Å²) in [5, 5.41) is 0. The van der Waals surface area contributed by atoms with Crippen LogP contribution in [0.5, 0.6) is 11.5 Å². The van der Waals surface area contributed by atoms with Gasteiger partial charge in [-0.05, 0) is 43.5 Å². The zero-order valence-electron chi connectivity index (χ0n) is 10.7. The van der Waals surface area contributed by atoms with Gasteiger partial charge in [-0.15, -0.1) is 0 Å². The van der Waals surface area contributed by atoms with Crippen LogP contribution in [0.25, 0.3) is 0 Å². The Labute approximate surface area is 107 Å². The summed E-state index contributed by atoms with van der Waals surface area (Å²) in [6.07, 6.45) is 3.44. The van der Waals surface area contributed by atoms with Crippen LogP contribution in [0.4, 0.5) is 0 Å². The van der Waals surface area contributed by atoms with E-state index in [0.717, 1.165) is 31.7 Å². The normalized spacial score (nSPS) is 15.3. The lowest BCUT2D eigenvalue weighted by Crippen LogP contribution is -2.38. The number of carbonyl (C=O) groups excluding carboxylic acids is 1. The van der Waals surface area contributed by atoms with E-state index >= 15 is 0 Å². The molecule has 0 unspecified atom stereocenters. The molecule has 0 spiro atoms. The molecule has 98 valence electrons. The molecule has 1 saturated heterocycles. The van der Waals surface area contributed by atoms with E-state index in [-0.39, 0.29) is 12.5 Å². The number of carbonyl (C=O) groups is 1. The third kappa shape index (κ3) is 3.39. The van der Waals surface area contributed by atoms with Gasteiger partial charge in [0.25, 0.3) is 5.91 Å². The van der Waals surface area contributed by atoms with Crippen molar-refractivity contribution < 1.29 is 14.3 Å². The molecule has 0 atom stereocenters. The van der Waals surface area contributed by atoms with Gasteiger partial charge in [-0.1, -0.05) is 0 Å². The van der Waals surface area contributed by atoms with Crippen LogP contribution >= 0.6 is 0 Å². The van der Waals surface area contributed by atoms with Gasteiger partial charge in [-0.3, -0.25) is 4.79 Å². The molecule has 1 aromatic carbocycles. The third-order valence-corrected chi connectivity index (χ3v) is 3.13. The van der Waals surface area contributed by atoms with Gasteiger partial charge in [-0.25, -0.2) is 0 Å². The Balaban J connectivity index is 1.80. The second kappa shape index (κ2) is 6.28. The van der Waals surface area contributed by atoms with E-state index in [1.165, 1.54) is 6.42 Å². The molecule has 1 aliphatic rings. The molecule has 0 saturated carbocycles. The van der Waals surface area contributed by atoms with E-state index in [1.54, 1.807) is 7.11 Å². The third-order valence-electron chi connectivity index (χ3n) is 3.13. The smallest absolute Gasteiger partial charge is 0.260 e. The maximum absolute atomic E-state index is 11.9. The van der Waals surface area contributed by atoms with Crippen molar-refractivity contribution in [1.29, 1.82) is 0 Å². The number of piperidine rings is 1. The minimum absolute atomic E-state index is 0.0746. The summed E-state index contributed by atoms with van der Waals surface area (Å²) in [4.78, 5) is 13.8. The molecule has 0 radical (unpaired) electrons. The first-order chi connectivity index (χ1) is 8.79. The van der Waals surface area contributed by atoms with Crippen molar-refractivity contribution in [3.63, 3.8) is 0 Å². The molecule has 4 nitrogen and oxygen atoms in total. The van der Waals surface area contributed by atoms with Gasteiger partial charge >= 0.3 is 0 Å². The Bertz CT molecular complexity index is 383. The van der Waals surface area contributed by atoms with Gasteiger partial charge in [0.2, 0.25) is 0 Å². The second-order valence-electron chi connectivity index (χ2n) is 4.41. The first kappa shape index (κ1) is 12.7. The largest absolute Gasteiger partial charge is 0.497 e. The molecule has 0 N–H and O–H groups in total. The van der Waals surface area contributed by atoms with Crippen LogP contribution in [-0.2, 0) is 4.79 Å². The van der Waals surface area contributed by atoms with Gasteiger partial charge in [-0.2, -0.15) is 0 Å². The maximum atomic E-state index is 11.9. The molecule has 1 aliphatic heterocycles. The number of benzene rings is 1. The molecule has 2 rings (SSSR count). The highest BCUT2D eigenvalue weighted by Crippen LogP contribution is 2.17. The molecule has 0 bridgehead atoms. The number of methoxy groups -OCH3 is 1. The molecule has 1 fully saturated rings. The van der Waals surface area contributed by atoms with E-state index in [0.29, 0.717) is 5.75 Å². The quantitative estimate of drug-likeness (QED) is 0.820. The highest BCUT2D eigenvalue weighted by atomic mass is 16.5. The van der Waals surface area contributed by atoms with Gasteiger partial charge in [0.15, 0.2) is 6.61 Å². The number of hydrogen-bond donors (Lipinski definition) is 0. The number of likely N-dealkylation sites (tertiary alicyclic amines) is 1. The summed E-state index contributed by atoms with van der Waals surface area (Å²) < 4.78 is 10.5. The number of amides is 1. The summed E-state index contributed by atoms with van der Waals surface area (Å²) in [5.41, 5.74) is 0. The predicted octanol–water partition coefficient (Wildman–Crippen LogP) is 2.09. The maximum Gasteiger partial charge on any atom is 0.260 e. The lowest BCUT2D eigenvalue weighted by atomic mass is 10.1. The molecule has 0 aromatic heterocycles. The average Bonchev–Trinajstić information content (AvgIpc) is 2.46. The summed E-state index contributed by atoms with van der Waals surface area (Å²) in [5.74, 6) is 1.55. The molecule has 0 aliphatic carbocycles. The average molecular weight is 249 g/mol. The molecular weight excluding hydrogens is 230 g/mol. The van der Waals surface area contributed by atoms with E-state index in [2.05, 4.69) is 0 Å². The molecule has 4 heteroatoms. The second-order valence-corrected chi connectivity index (χ2v) is 4.41. The van der Waals surface area contributed by atoms with Crippen LogP contribution in [0, 0.1) is 0 Å². The Morgan fingerprint density at radius 2 is 1.72 bits per heavy atom. The fourth-order valence-corrected chi connectivity index (χ4v) is 2.05. The van der Waals surface area contributed by atoms with E-state index in [9.17, 15) is 4.79 Å². The van der Waals surface area contributed by atoms with Crippen LogP contribution in [0.15, 0.2) is 24.3 Å². The van der Waals surface area contributed by atoms with Crippen molar-refractivity contribution in [3.8, 4) is 11.5 Å². The zero-order chi connectivity index (χ0) is 12.8. The fourth-order valence-electron chi connectivity index (χ4n) is 2.05. The van der Waals surface area contributed by atoms with E-state index < -0.39 is 0 Å². The van der Waals surface area contributed by atoms with E-state index in [1.807, 2.05) is 29.2 Å². The van der Waals surface area contributed by atoms with Crippen molar-refractivity contribution in [1.82, 2.24) is 4.90 Å². The molecule has 1 amide bonds. The Kier molecular flexibility index (Phi) is 4.45. The van der Waals surface area contributed by atoms with E-state index in [4.69, 9.17) is 9.47 Å². The summed E-state index contributed by atoms with van der Waals surface area (Å²) in [6, 6.07) is 7.26. The lowest BCUT2D eigenvalue weighted by Gasteiger charge is -2.26. The number of hydrogen-bond acceptors (Lipinski definition) is 3. The number of rotatable bonds is 4. The van der Waals surface area contributed by atoms with Crippen molar-refractivity contribution >= 4 is 5.91 Å². The number of ether oxygens (including phenoxy) is 2. The molecule has 1 aromatic rings. The van der Waals surface area contributed by atoms with Crippen LogP contribution in [-0.4, -0.2) is 37.6 Å². The Hall–Kier alpha value is -1.71. The summed E-state index contributed by atoms with van der Waals surface area (Å²) in [7, 11) is 1.62. The molecule has 18 heavy (non-hydrogen) atoms. The monoisotopic (exact) mass is 249 g/mol. The Morgan fingerprint density at radius 1 is 1.11 bits per heavy atom. The molecule has 1 heterocycles. The van der Waals surface area contributed by atoms with Crippen molar-refractivity contribution in [2.45, 2.75) is 19.3 Å². The van der Waals surface area contributed by atoms with Crippen LogP contribution in [0.3, 0.4) is 0 Å². The number of nitrogens with zero attached hydrogens (tertiary/aromatic N) is 1. The first-order valence-electron chi connectivity index (χ1n) is 6.34. The van der Waals surface area contributed by atoms with Gasteiger partial charge < -0.3 is 14.4 Å². The first-order valence-corrected chi connectivity index (χ1v) is 6.34. The minimum Gasteiger partial charge on any atom is -0.497 e. The summed E-state index contributed by atoms with van der Waals surface area (Å²) >= 11 is 0.